The van der Waals surface area contributed by atoms with Crippen molar-refractivity contribution in [3.05, 3.63) is 191 Å². The molecule has 6 aromatic carbocycles. The lowest BCUT2D eigenvalue weighted by Gasteiger charge is -2.35. The Morgan fingerprint density at radius 2 is 0.630 bits per heavy atom. The molecule has 39 nitrogen and oxygen atoms in total. The third-order valence-electron chi connectivity index (χ3n) is 16.6. The van der Waals surface area contributed by atoms with Crippen molar-refractivity contribution >= 4 is 116 Å². The van der Waals surface area contributed by atoms with Crippen molar-refractivity contribution in [3.63, 3.8) is 0 Å². The quantitative estimate of drug-likeness (QED) is 0.00761. The van der Waals surface area contributed by atoms with Gasteiger partial charge in [0.25, 0.3) is 0 Å². The molecule has 4 N–H and O–H groups in total. The SMILES string of the molecule is CC(C)(C)OC(=O)C[C@@H](C(=O)OC(C)(C)C)N(CCOCCN([C@@H](CC(=O)OC(C)(C)C)C(=O)OC(C)(C)C)S(=O)(=O)N(Cc1ccc(OC(=O)c2ccc(NC(=NC(=O)OC(C)(C)C)NC(=O)OC(C)(C)C)cc2)cc1)C(=O)OCc1ccccc1)S(=O)(=O)N(Cc1ccc(OC(=O)c2ccc(NC(=NC(=O)OC(C)(C)C)NC(=O)OC(C)(C)C)cc2)cc1)C(=O)OCc1ccccc1. The molecule has 736 valence electrons. The Hall–Kier alpha value is -13.1. The normalized spacial score (nSPS) is 13.0. The molecule has 2 atom stereocenters. The standard InChI is InChI=1S/C94H124N10O29S2/c1-87(2,3)126-73(105)55-71(77(109)128-89(7,8)9)101(134(117,118)103(85(115)122-59-63-31-27-25-28-32-63)57-61-35-47-69(48-36-61)124-75(107)65-39-43-67(44-40-65)95-79(97-81(111)130-91(13,14)15)98-82(112)131-92(16,17)18)51-53-121-54-52-102(72(78(110)129-90(10,11)12)56-74(106)127-88(4,5)6)135(119,120)104(86(116)123-60-64-33-29-26-30-34-64)58-62-37-49-70(50-38-62)125-76(108)66-41-45-68(46-42-66)96-80(99-83(113)132-93(19,20)21)100-84(114)133-94(22,23)24/h25-50,71-72H,51-60H2,1-24H3,(H2,95,97,98,111,112)(H2,96,99,100,113,114)/t71-,72-/m0/s1. The number of guanidine groups is 2. The minimum absolute atomic E-state index is 0.0160. The van der Waals surface area contributed by atoms with Crippen molar-refractivity contribution in [1.29, 1.82) is 0 Å². The third-order valence-corrected chi connectivity index (χ3v) is 20.3. The zero-order valence-corrected chi connectivity index (χ0v) is 82.2. The predicted octanol–water partition coefficient (Wildman–Crippen LogP) is 15.6. The van der Waals surface area contributed by atoms with Gasteiger partial charge in [0, 0.05) is 24.5 Å². The van der Waals surface area contributed by atoms with E-state index in [1.165, 1.54) is 180 Å². The van der Waals surface area contributed by atoms with Crippen LogP contribution in [0.25, 0.3) is 0 Å². The van der Waals surface area contributed by atoms with Gasteiger partial charge in [-0.05, 0) is 261 Å². The summed E-state index contributed by atoms with van der Waals surface area (Å²) in [7, 11) is -11.3. The molecule has 0 fully saturated rings. The average molecular weight is 1920 g/mol. The number of rotatable bonds is 32. The highest BCUT2D eigenvalue weighted by molar-refractivity contribution is 7.87. The molecule has 6 rings (SSSR count). The van der Waals surface area contributed by atoms with Crippen molar-refractivity contribution in [2.75, 3.05) is 36.9 Å². The Balaban J connectivity index is 1.40. The fraction of sp³-hybridized carbons (Fsp3) is 0.468. The lowest BCUT2D eigenvalue weighted by atomic mass is 10.1. The fourth-order valence-corrected chi connectivity index (χ4v) is 14.6. The van der Waals surface area contributed by atoms with Gasteiger partial charge in [0.05, 0.1) is 50.3 Å². The summed E-state index contributed by atoms with van der Waals surface area (Å²) < 4.78 is 139. The summed E-state index contributed by atoms with van der Waals surface area (Å²) in [5, 5.41) is 10.3. The highest BCUT2D eigenvalue weighted by Gasteiger charge is 2.48. The van der Waals surface area contributed by atoms with E-state index in [-0.39, 0.29) is 65.7 Å². The summed E-state index contributed by atoms with van der Waals surface area (Å²) in [4.78, 5) is 174. The van der Waals surface area contributed by atoms with Crippen LogP contribution in [0.3, 0.4) is 0 Å². The number of hydrogen-bond donors (Lipinski definition) is 4. The molecule has 0 saturated carbocycles. The van der Waals surface area contributed by atoms with E-state index in [1.54, 1.807) is 144 Å². The van der Waals surface area contributed by atoms with Crippen LogP contribution in [0.2, 0.25) is 0 Å². The smallest absolute Gasteiger partial charge is 0.437 e. The van der Waals surface area contributed by atoms with Crippen molar-refractivity contribution < 1.29 is 136 Å². The van der Waals surface area contributed by atoms with Crippen molar-refractivity contribution in [2.45, 2.75) is 262 Å². The first-order chi connectivity index (χ1) is 62.3. The number of hydrogen-bond acceptors (Lipinski definition) is 29. The van der Waals surface area contributed by atoms with Gasteiger partial charge < -0.3 is 72.2 Å². The van der Waals surface area contributed by atoms with E-state index >= 15 is 16.8 Å². The number of nitrogens with one attached hydrogen (secondary N) is 4. The molecule has 0 radical (unpaired) electrons. The second-order valence-electron chi connectivity index (χ2n) is 38.2. The van der Waals surface area contributed by atoms with E-state index in [2.05, 4.69) is 31.3 Å². The molecule has 0 heterocycles. The van der Waals surface area contributed by atoms with E-state index in [4.69, 9.17) is 61.6 Å². The Kier molecular flexibility index (Phi) is 38.7. The van der Waals surface area contributed by atoms with Crippen LogP contribution in [0.5, 0.6) is 11.5 Å². The number of alkyl carbamates (subject to hydrolysis) is 2. The summed E-state index contributed by atoms with van der Waals surface area (Å²) in [5.74, 6) is -7.75. The lowest BCUT2D eigenvalue weighted by Crippen LogP contribution is -2.56. The highest BCUT2D eigenvalue weighted by atomic mass is 32.2. The van der Waals surface area contributed by atoms with Crippen LogP contribution in [0.4, 0.5) is 40.1 Å². The first-order valence-corrected chi connectivity index (χ1v) is 45.5. The lowest BCUT2D eigenvalue weighted by molar-refractivity contribution is -0.167. The van der Waals surface area contributed by atoms with Crippen LogP contribution in [0.15, 0.2) is 168 Å². The third kappa shape index (κ3) is 40.7. The summed E-state index contributed by atoms with van der Waals surface area (Å²) in [6.07, 6.45) is -9.28. The van der Waals surface area contributed by atoms with Gasteiger partial charge in [0.2, 0.25) is 11.9 Å². The number of aliphatic imine (C=N–C) groups is 2. The van der Waals surface area contributed by atoms with Crippen molar-refractivity contribution in [2.24, 2.45) is 9.98 Å². The van der Waals surface area contributed by atoms with E-state index in [1.807, 2.05) is 0 Å². The number of nitrogens with zero attached hydrogens (tertiary/aromatic N) is 6. The fourth-order valence-electron chi connectivity index (χ4n) is 11.4. The van der Waals surface area contributed by atoms with E-state index < -0.39 is 215 Å². The number of carbonyl (C=O) groups is 12. The number of carbonyl (C=O) groups excluding carboxylic acids is 12. The van der Waals surface area contributed by atoms with Crippen molar-refractivity contribution in [1.82, 2.24) is 27.9 Å². The molecule has 41 heteroatoms. The maximum Gasteiger partial charge on any atom is 0.437 e. The summed E-state index contributed by atoms with van der Waals surface area (Å²) in [6.45, 7) is 30.5. The van der Waals surface area contributed by atoms with Gasteiger partial charge in [0.15, 0.2) is 0 Å². The molecule has 0 spiro atoms. The van der Waals surface area contributed by atoms with Crippen LogP contribution in [-0.4, -0.2) is 202 Å². The van der Waals surface area contributed by atoms with Gasteiger partial charge in [-0.1, -0.05) is 84.9 Å². The first kappa shape index (κ1) is 111. The maximum atomic E-state index is 16.1. The van der Waals surface area contributed by atoms with Gasteiger partial charge in [-0.2, -0.15) is 34.1 Å². The monoisotopic (exact) mass is 1920 g/mol. The molecule has 6 amide bonds. The predicted molar refractivity (Wildman–Crippen MR) is 496 cm³/mol. The molecule has 0 aliphatic heterocycles. The Bertz CT molecular complexity index is 5080. The minimum atomic E-state index is -5.65. The molecule has 0 aliphatic rings. The van der Waals surface area contributed by atoms with Gasteiger partial charge in [-0.3, -0.25) is 29.8 Å². The molecule has 6 aromatic rings. The second-order valence-corrected chi connectivity index (χ2v) is 41.8. The van der Waals surface area contributed by atoms with E-state index in [9.17, 15) is 57.5 Å². The van der Waals surface area contributed by atoms with Crippen LogP contribution < -0.4 is 30.7 Å². The zero-order chi connectivity index (χ0) is 101. The Morgan fingerprint density at radius 1 is 0.341 bits per heavy atom. The molecule has 0 aliphatic carbocycles. The molecule has 0 saturated heterocycles. The van der Waals surface area contributed by atoms with Crippen LogP contribution in [-0.2, 0) is 118 Å². The number of amides is 6. The highest BCUT2D eigenvalue weighted by Crippen LogP contribution is 2.30. The zero-order valence-electron chi connectivity index (χ0n) is 80.6. The topological polar surface area (TPSA) is 479 Å². The molecule has 0 aromatic heterocycles. The first-order valence-electron chi connectivity index (χ1n) is 42.7. The van der Waals surface area contributed by atoms with Crippen LogP contribution in [0.1, 0.15) is 222 Å². The van der Waals surface area contributed by atoms with Gasteiger partial charge in [-0.15, -0.1) is 9.98 Å². The maximum absolute atomic E-state index is 16.1. The summed E-state index contributed by atoms with van der Waals surface area (Å²) in [5.41, 5.74) is -7.86. The number of ether oxygens (including phenoxy) is 13. The Labute approximate surface area is 787 Å². The molecular formula is C94H124N10O29S2. The minimum Gasteiger partial charge on any atom is -0.460 e. The summed E-state index contributed by atoms with van der Waals surface area (Å²) in [6, 6.07) is 32.9. The molecular weight excluding hydrogens is 1800 g/mol. The van der Waals surface area contributed by atoms with Crippen molar-refractivity contribution in [3.8, 4) is 11.5 Å². The largest absolute Gasteiger partial charge is 0.460 e. The van der Waals surface area contributed by atoms with Gasteiger partial charge >= 0.3 is 92.8 Å². The van der Waals surface area contributed by atoms with Gasteiger partial charge in [0.1, 0.15) is 81.6 Å². The molecule has 0 bridgehead atoms. The molecule has 135 heavy (non-hydrogen) atoms. The van der Waals surface area contributed by atoms with E-state index in [0.717, 1.165) is 0 Å². The van der Waals surface area contributed by atoms with Crippen LogP contribution in [0, 0.1) is 0 Å². The average Bonchev–Trinajstić information content (AvgIpc) is 0.780. The molecule has 0 unspecified atom stereocenters. The van der Waals surface area contributed by atoms with E-state index in [0.29, 0.717) is 19.7 Å². The van der Waals surface area contributed by atoms with Gasteiger partial charge in [-0.25, -0.2) is 38.4 Å². The summed E-state index contributed by atoms with van der Waals surface area (Å²) >= 11 is 0. The number of esters is 6. The second kappa shape index (κ2) is 47.2. The number of benzene rings is 6. The number of anilines is 2. The van der Waals surface area contributed by atoms with Crippen LogP contribution >= 0.6 is 0 Å². The Morgan fingerprint density at radius 3 is 0.911 bits per heavy atom.